The lowest BCUT2D eigenvalue weighted by atomic mass is 10.1. The van der Waals surface area contributed by atoms with Gasteiger partial charge in [0.05, 0.1) is 12.0 Å². The van der Waals surface area contributed by atoms with E-state index in [0.29, 0.717) is 11.5 Å². The molecule has 0 atom stereocenters. The lowest BCUT2D eigenvalue weighted by Crippen LogP contribution is -2.06. The van der Waals surface area contributed by atoms with E-state index in [1.54, 1.807) is 12.1 Å². The Balaban J connectivity index is 2.78. The fourth-order valence-corrected chi connectivity index (χ4v) is 0.834. The lowest BCUT2D eigenvalue weighted by molar-refractivity contribution is -0.117. The summed E-state index contributed by atoms with van der Waals surface area (Å²) in [6, 6.07) is 3.45. The second-order valence-electron chi connectivity index (χ2n) is 3.13. The highest BCUT2D eigenvalue weighted by Crippen LogP contribution is 2.10. The number of hydrogen-bond donors (Lipinski definition) is 1. The van der Waals surface area contributed by atoms with Gasteiger partial charge in [-0.2, -0.15) is 0 Å². The van der Waals surface area contributed by atoms with Crippen LogP contribution in [0, 0.1) is 5.92 Å². The van der Waals surface area contributed by atoms with Crippen molar-refractivity contribution >= 4 is 11.5 Å². The average molecular weight is 179 g/mol. The largest absolute Gasteiger partial charge is 0.463 e. The molecule has 0 aromatic carbocycles. The van der Waals surface area contributed by atoms with Crippen molar-refractivity contribution in [2.45, 2.75) is 13.8 Å². The van der Waals surface area contributed by atoms with E-state index in [0.717, 1.165) is 0 Å². The molecule has 0 saturated heterocycles. The van der Waals surface area contributed by atoms with E-state index >= 15 is 0 Å². The average Bonchev–Trinajstić information content (AvgIpc) is 2.55. The highest BCUT2D eigenvalue weighted by molar-refractivity contribution is 5.96. The number of ketones is 1. The molecule has 70 valence electrons. The van der Waals surface area contributed by atoms with Crippen LogP contribution in [0.1, 0.15) is 19.6 Å². The van der Waals surface area contributed by atoms with E-state index < -0.39 is 0 Å². The van der Waals surface area contributed by atoms with Gasteiger partial charge in [0.2, 0.25) is 0 Å². The molecule has 0 unspecified atom stereocenters. The van der Waals surface area contributed by atoms with Gasteiger partial charge in [0.1, 0.15) is 5.76 Å². The van der Waals surface area contributed by atoms with Crippen molar-refractivity contribution in [2.24, 2.45) is 11.7 Å². The highest BCUT2D eigenvalue weighted by atomic mass is 16.3. The summed E-state index contributed by atoms with van der Waals surface area (Å²) in [4.78, 5) is 11.3. The van der Waals surface area contributed by atoms with Crippen LogP contribution in [0.4, 0.5) is 0 Å². The van der Waals surface area contributed by atoms with Crippen LogP contribution in [-0.2, 0) is 4.79 Å². The zero-order chi connectivity index (χ0) is 9.84. The SMILES string of the molecule is CC(C)C(=O)C=C(N)c1ccco1. The molecular formula is C10H13NO2. The molecule has 0 amide bonds. The van der Waals surface area contributed by atoms with Gasteiger partial charge in [0, 0.05) is 12.0 Å². The zero-order valence-electron chi connectivity index (χ0n) is 7.78. The third-order valence-electron chi connectivity index (χ3n) is 1.67. The van der Waals surface area contributed by atoms with Crippen molar-refractivity contribution in [1.82, 2.24) is 0 Å². The Kier molecular flexibility index (Phi) is 2.90. The number of rotatable bonds is 3. The molecule has 0 aliphatic rings. The zero-order valence-corrected chi connectivity index (χ0v) is 7.78. The van der Waals surface area contributed by atoms with Gasteiger partial charge in [-0.1, -0.05) is 13.8 Å². The molecule has 1 rings (SSSR count). The van der Waals surface area contributed by atoms with Crippen LogP contribution in [0.2, 0.25) is 0 Å². The minimum Gasteiger partial charge on any atom is -0.463 e. The summed E-state index contributed by atoms with van der Waals surface area (Å²) in [7, 11) is 0. The third kappa shape index (κ3) is 2.47. The summed E-state index contributed by atoms with van der Waals surface area (Å²) in [6.45, 7) is 3.66. The molecule has 0 saturated carbocycles. The van der Waals surface area contributed by atoms with Crippen molar-refractivity contribution in [3.63, 3.8) is 0 Å². The van der Waals surface area contributed by atoms with E-state index in [1.165, 1.54) is 12.3 Å². The third-order valence-corrected chi connectivity index (χ3v) is 1.67. The van der Waals surface area contributed by atoms with E-state index in [1.807, 2.05) is 13.8 Å². The fraction of sp³-hybridized carbons (Fsp3) is 0.300. The van der Waals surface area contributed by atoms with Crippen LogP contribution in [0.15, 0.2) is 28.9 Å². The summed E-state index contributed by atoms with van der Waals surface area (Å²) in [6.07, 6.45) is 2.93. The van der Waals surface area contributed by atoms with Gasteiger partial charge in [-0.25, -0.2) is 0 Å². The predicted octanol–water partition coefficient (Wildman–Crippen LogP) is 1.80. The van der Waals surface area contributed by atoms with Gasteiger partial charge in [-0.3, -0.25) is 4.79 Å². The summed E-state index contributed by atoms with van der Waals surface area (Å²) in [5.41, 5.74) is 6.00. The number of carbonyl (C=O) groups is 1. The number of nitrogens with two attached hydrogens (primary N) is 1. The molecule has 0 aliphatic carbocycles. The van der Waals surface area contributed by atoms with Gasteiger partial charge in [-0.15, -0.1) is 0 Å². The Morgan fingerprint density at radius 3 is 2.77 bits per heavy atom. The van der Waals surface area contributed by atoms with Gasteiger partial charge in [-0.05, 0) is 12.1 Å². The van der Waals surface area contributed by atoms with E-state index in [4.69, 9.17) is 10.2 Å². The molecule has 1 heterocycles. The molecule has 0 spiro atoms. The van der Waals surface area contributed by atoms with E-state index in [9.17, 15) is 4.79 Å². The number of carbonyl (C=O) groups excluding carboxylic acids is 1. The summed E-state index contributed by atoms with van der Waals surface area (Å²) >= 11 is 0. The Bertz CT molecular complexity index is 310. The van der Waals surface area contributed by atoms with Crippen molar-refractivity contribution < 1.29 is 9.21 Å². The van der Waals surface area contributed by atoms with Gasteiger partial charge in [0.25, 0.3) is 0 Å². The van der Waals surface area contributed by atoms with E-state index in [2.05, 4.69) is 0 Å². The molecule has 2 N–H and O–H groups in total. The molecule has 13 heavy (non-hydrogen) atoms. The number of allylic oxidation sites excluding steroid dienone is 1. The molecule has 3 nitrogen and oxygen atoms in total. The first-order chi connectivity index (χ1) is 6.11. The van der Waals surface area contributed by atoms with Crippen LogP contribution in [-0.4, -0.2) is 5.78 Å². The van der Waals surface area contributed by atoms with Crippen LogP contribution < -0.4 is 5.73 Å². The maximum atomic E-state index is 11.3. The van der Waals surface area contributed by atoms with Gasteiger partial charge in [0.15, 0.2) is 5.78 Å². The molecule has 0 bridgehead atoms. The highest BCUT2D eigenvalue weighted by Gasteiger charge is 2.06. The Morgan fingerprint density at radius 2 is 2.31 bits per heavy atom. The molecular weight excluding hydrogens is 166 g/mol. The second-order valence-corrected chi connectivity index (χ2v) is 3.13. The van der Waals surface area contributed by atoms with Crippen molar-refractivity contribution in [2.75, 3.05) is 0 Å². The number of furan rings is 1. The first-order valence-corrected chi connectivity index (χ1v) is 4.16. The minimum atomic E-state index is -0.0338. The molecule has 3 heteroatoms. The monoisotopic (exact) mass is 179 g/mol. The molecule has 1 aromatic rings. The topological polar surface area (TPSA) is 56.2 Å². The van der Waals surface area contributed by atoms with Crippen molar-refractivity contribution in [3.05, 3.63) is 30.2 Å². The van der Waals surface area contributed by atoms with Gasteiger partial charge < -0.3 is 10.2 Å². The van der Waals surface area contributed by atoms with Crippen LogP contribution in [0.5, 0.6) is 0 Å². The summed E-state index contributed by atoms with van der Waals surface area (Å²) < 4.78 is 5.03. The van der Waals surface area contributed by atoms with Crippen LogP contribution in [0.25, 0.3) is 5.70 Å². The molecule has 0 aliphatic heterocycles. The summed E-state index contributed by atoms with van der Waals surface area (Å²) in [5.74, 6) is 0.511. The number of hydrogen-bond acceptors (Lipinski definition) is 3. The fourth-order valence-electron chi connectivity index (χ4n) is 0.834. The van der Waals surface area contributed by atoms with Crippen molar-refractivity contribution in [1.29, 1.82) is 0 Å². The normalized spacial score (nSPS) is 12.1. The first-order valence-electron chi connectivity index (χ1n) is 4.16. The maximum Gasteiger partial charge on any atom is 0.160 e. The van der Waals surface area contributed by atoms with E-state index in [-0.39, 0.29) is 11.7 Å². The summed E-state index contributed by atoms with van der Waals surface area (Å²) in [5, 5.41) is 0. The first kappa shape index (κ1) is 9.58. The Hall–Kier alpha value is -1.51. The molecule has 1 aromatic heterocycles. The Labute approximate surface area is 77.2 Å². The van der Waals surface area contributed by atoms with Gasteiger partial charge >= 0.3 is 0 Å². The smallest absolute Gasteiger partial charge is 0.160 e. The maximum absolute atomic E-state index is 11.3. The molecule has 0 fully saturated rings. The van der Waals surface area contributed by atoms with Crippen molar-refractivity contribution in [3.8, 4) is 0 Å². The Morgan fingerprint density at radius 1 is 1.62 bits per heavy atom. The quantitative estimate of drug-likeness (QED) is 0.720. The molecule has 0 radical (unpaired) electrons. The van der Waals surface area contributed by atoms with Crippen LogP contribution in [0.3, 0.4) is 0 Å². The standard InChI is InChI=1S/C10H13NO2/c1-7(2)9(12)6-8(11)10-4-3-5-13-10/h3-7H,11H2,1-2H3. The predicted molar refractivity (Wildman–Crippen MR) is 50.7 cm³/mol. The minimum absolute atomic E-state index is 0.00824. The second kappa shape index (κ2) is 3.94. The van der Waals surface area contributed by atoms with Crippen LogP contribution >= 0.6 is 0 Å². The lowest BCUT2D eigenvalue weighted by Gasteiger charge is -1.99.